The molecule has 0 aromatic rings. The molecule has 0 N–H and O–H groups in total. The van der Waals surface area contributed by atoms with Gasteiger partial charge in [0.15, 0.2) is 0 Å². The average Bonchev–Trinajstić information content (AvgIpc) is 1.69. The Hall–Kier alpha value is 1.92. The van der Waals surface area contributed by atoms with Crippen molar-refractivity contribution in [1.82, 2.24) is 0 Å². The second kappa shape index (κ2) is 15.7. The molecule has 0 nitrogen and oxygen atoms in total. The first-order valence-electron chi connectivity index (χ1n) is 1.57. The van der Waals surface area contributed by atoms with Crippen LogP contribution in [0.1, 0.15) is 0 Å². The normalized spacial score (nSPS) is 6.86. The molecule has 46 valence electrons. The molecular formula is C3H6Br4. The van der Waals surface area contributed by atoms with Gasteiger partial charge < -0.3 is 0 Å². The van der Waals surface area contributed by atoms with Gasteiger partial charge in [-0.25, -0.2) is 0 Å². The molecule has 0 heterocycles. The Labute approximate surface area is 77.9 Å². The van der Waals surface area contributed by atoms with Gasteiger partial charge in [0.05, 0.1) is 4.24 Å². The van der Waals surface area contributed by atoms with Crippen LogP contribution in [0.15, 0.2) is 0 Å². The first-order chi connectivity index (χ1) is 3.33. The Morgan fingerprint density at radius 1 is 0.714 bits per heavy atom. The lowest BCUT2D eigenvalue weighted by molar-refractivity contribution is 1.62. The van der Waals surface area contributed by atoms with E-state index in [4.69, 9.17) is 0 Å². The molecule has 0 aliphatic rings. The molecule has 0 aliphatic carbocycles. The van der Waals surface area contributed by atoms with E-state index in [0.29, 0.717) is 0 Å². The van der Waals surface area contributed by atoms with Crippen LogP contribution in [0.25, 0.3) is 0 Å². The van der Waals surface area contributed by atoms with Gasteiger partial charge in [-0.1, -0.05) is 63.7 Å². The van der Waals surface area contributed by atoms with Crippen molar-refractivity contribution in [1.29, 1.82) is 0 Å². The summed E-state index contributed by atoms with van der Waals surface area (Å²) < 4.78 is 0.875. The van der Waals surface area contributed by atoms with Crippen LogP contribution in [0.5, 0.6) is 0 Å². The Morgan fingerprint density at radius 3 is 0.857 bits per heavy atom. The Balaban J connectivity index is 0. The zero-order chi connectivity index (χ0) is 6.12. The van der Waals surface area contributed by atoms with Crippen LogP contribution in [-0.2, 0) is 0 Å². The molecule has 0 fully saturated rings. The zero-order valence-electron chi connectivity index (χ0n) is 3.63. The third-order valence-electron chi connectivity index (χ3n) is 0.0714. The van der Waals surface area contributed by atoms with Crippen LogP contribution in [0.2, 0.25) is 0 Å². The lowest BCUT2D eigenvalue weighted by atomic mass is 11.0. The van der Waals surface area contributed by atoms with Gasteiger partial charge in [-0.3, -0.25) is 0 Å². The van der Waals surface area contributed by atoms with Crippen LogP contribution >= 0.6 is 63.7 Å². The largest absolute Gasteiger partial charge is 0.0919 e. The van der Waals surface area contributed by atoms with Crippen molar-refractivity contribution >= 4 is 63.7 Å². The maximum Gasteiger partial charge on any atom is 0.0588 e. The molecule has 0 atom stereocenters. The molecule has 0 aliphatic heterocycles. The number of hydrogen-bond donors (Lipinski definition) is 0. The molecular weight excluding hydrogens is 356 g/mol. The predicted molar refractivity (Wildman–Crippen MR) is 50.3 cm³/mol. The van der Waals surface area contributed by atoms with Crippen LogP contribution in [-0.4, -0.2) is 14.9 Å². The van der Waals surface area contributed by atoms with Crippen molar-refractivity contribution in [2.45, 2.75) is 0 Å². The van der Waals surface area contributed by atoms with E-state index in [9.17, 15) is 0 Å². The summed E-state index contributed by atoms with van der Waals surface area (Å²) in [6.07, 6.45) is 0. The maximum absolute atomic E-state index is 3.20. The summed E-state index contributed by atoms with van der Waals surface area (Å²) >= 11 is 12.5. The maximum atomic E-state index is 3.20. The highest BCUT2D eigenvalue weighted by Gasteiger charge is 1.60. The van der Waals surface area contributed by atoms with Crippen molar-refractivity contribution in [3.05, 3.63) is 0 Å². The SMILES string of the molecule is BrCBr.BrCCBr. The third-order valence-corrected chi connectivity index (χ3v) is 1.93. The Morgan fingerprint density at radius 2 is 0.857 bits per heavy atom. The van der Waals surface area contributed by atoms with E-state index in [0.717, 1.165) is 14.9 Å². The van der Waals surface area contributed by atoms with Crippen LogP contribution in [0, 0.1) is 0 Å². The zero-order valence-corrected chi connectivity index (χ0v) is 9.98. The van der Waals surface area contributed by atoms with Crippen molar-refractivity contribution in [2.24, 2.45) is 0 Å². The third kappa shape index (κ3) is 32.6. The average molecular weight is 362 g/mol. The van der Waals surface area contributed by atoms with Crippen molar-refractivity contribution < 1.29 is 0 Å². The summed E-state index contributed by atoms with van der Waals surface area (Å²) in [6.45, 7) is 0. The standard InChI is InChI=1S/C2H4Br2.CH2Br2/c3-1-2-4;2-1-3/h1-2H2;1H2. The van der Waals surface area contributed by atoms with E-state index < -0.39 is 0 Å². The molecule has 0 aromatic carbocycles. The predicted octanol–water partition coefficient (Wildman–Crippen LogP) is 3.51. The minimum Gasteiger partial charge on any atom is -0.0919 e. The highest BCUT2D eigenvalue weighted by atomic mass is 79.9. The number of hydrogen-bond acceptors (Lipinski definition) is 0. The lowest BCUT2D eigenvalue weighted by Crippen LogP contribution is -1.61. The van der Waals surface area contributed by atoms with Crippen molar-refractivity contribution in [2.75, 3.05) is 14.9 Å². The molecule has 0 saturated heterocycles. The second-order valence-corrected chi connectivity index (χ2v) is 4.69. The molecule has 0 amide bonds. The van der Waals surface area contributed by atoms with Gasteiger partial charge in [0, 0.05) is 10.7 Å². The molecule has 0 aromatic heterocycles. The van der Waals surface area contributed by atoms with Crippen LogP contribution in [0.4, 0.5) is 0 Å². The number of halogens is 4. The molecule has 0 radical (unpaired) electrons. The highest BCUT2D eigenvalue weighted by Crippen LogP contribution is 1.83. The van der Waals surface area contributed by atoms with Crippen LogP contribution in [0.3, 0.4) is 0 Å². The Kier molecular flexibility index (Phi) is 26.2. The molecule has 7 heavy (non-hydrogen) atoms. The first kappa shape index (κ1) is 11.7. The molecule has 0 spiro atoms. The minimum atomic E-state index is 0.875. The smallest absolute Gasteiger partial charge is 0.0588 e. The highest BCUT2D eigenvalue weighted by molar-refractivity contribution is 9.24. The fourth-order valence-electron chi connectivity index (χ4n) is 0. The van der Waals surface area contributed by atoms with Gasteiger partial charge in [0.2, 0.25) is 0 Å². The molecule has 0 unspecified atom stereocenters. The monoisotopic (exact) mass is 358 g/mol. The fraction of sp³-hybridized carbons (Fsp3) is 1.00. The quantitative estimate of drug-likeness (QED) is 0.627. The van der Waals surface area contributed by atoms with E-state index in [1.165, 1.54) is 0 Å². The lowest BCUT2D eigenvalue weighted by Gasteiger charge is -1.63. The van der Waals surface area contributed by atoms with Gasteiger partial charge in [0.1, 0.15) is 0 Å². The minimum absolute atomic E-state index is 0.875. The van der Waals surface area contributed by atoms with Crippen molar-refractivity contribution in [3.63, 3.8) is 0 Å². The van der Waals surface area contributed by atoms with Gasteiger partial charge in [-0.2, -0.15) is 0 Å². The van der Waals surface area contributed by atoms with Gasteiger partial charge >= 0.3 is 0 Å². The van der Waals surface area contributed by atoms with Gasteiger partial charge in [-0.15, -0.1) is 0 Å². The summed E-state index contributed by atoms with van der Waals surface area (Å²) in [5, 5.41) is 2.10. The molecule has 4 heteroatoms. The molecule has 0 bridgehead atoms. The Bertz CT molecular complexity index is 14.4. The fourth-order valence-corrected chi connectivity index (χ4v) is 0. The van der Waals surface area contributed by atoms with Crippen LogP contribution < -0.4 is 0 Å². The second-order valence-electron chi connectivity index (χ2n) is 0.479. The summed E-state index contributed by atoms with van der Waals surface area (Å²) in [5.74, 6) is 0. The molecule has 0 saturated carbocycles. The number of alkyl halides is 4. The number of rotatable bonds is 1. The topological polar surface area (TPSA) is 0 Å². The molecule has 0 rings (SSSR count). The summed E-state index contributed by atoms with van der Waals surface area (Å²) in [4.78, 5) is 0. The van der Waals surface area contributed by atoms with Gasteiger partial charge in [0.25, 0.3) is 0 Å². The summed E-state index contributed by atoms with van der Waals surface area (Å²) in [5.41, 5.74) is 0. The van der Waals surface area contributed by atoms with E-state index >= 15 is 0 Å². The van der Waals surface area contributed by atoms with E-state index in [-0.39, 0.29) is 0 Å². The van der Waals surface area contributed by atoms with E-state index in [1.807, 2.05) is 0 Å². The summed E-state index contributed by atoms with van der Waals surface area (Å²) in [7, 11) is 0. The van der Waals surface area contributed by atoms with E-state index in [2.05, 4.69) is 63.7 Å². The van der Waals surface area contributed by atoms with Gasteiger partial charge in [-0.05, 0) is 0 Å². The van der Waals surface area contributed by atoms with E-state index in [1.54, 1.807) is 0 Å². The van der Waals surface area contributed by atoms with Crippen molar-refractivity contribution in [3.8, 4) is 0 Å². The summed E-state index contributed by atoms with van der Waals surface area (Å²) in [6, 6.07) is 0. The first-order valence-corrected chi connectivity index (χ1v) is 6.05.